The molecular formula is C17H24N2O. The Hall–Kier alpha value is -1.74. The van der Waals surface area contributed by atoms with Crippen LogP contribution in [0.25, 0.3) is 0 Å². The molecule has 1 atom stereocenters. The van der Waals surface area contributed by atoms with Crippen LogP contribution in [0, 0.1) is 0 Å². The smallest absolute Gasteiger partial charge is 0.123 e. The van der Waals surface area contributed by atoms with Gasteiger partial charge in [0.15, 0.2) is 0 Å². The number of nitrogens with zero attached hydrogens (tertiary/aromatic N) is 1. The number of rotatable bonds is 7. The highest BCUT2D eigenvalue weighted by Crippen LogP contribution is 2.24. The lowest BCUT2D eigenvalue weighted by Gasteiger charge is -2.18. The monoisotopic (exact) mass is 272 g/mol. The standard InChI is InChI=1S/C17H24N2O/c1-4-11-19-12-7-8-15(19)13-18-14(2)16-9-5-6-10-17(16)20-3/h5-10,12,14,18H,4,11,13H2,1-3H3. The van der Waals surface area contributed by atoms with Gasteiger partial charge in [0.05, 0.1) is 7.11 Å². The minimum absolute atomic E-state index is 0.260. The number of hydrogen-bond donors (Lipinski definition) is 1. The molecule has 3 nitrogen and oxygen atoms in total. The van der Waals surface area contributed by atoms with Gasteiger partial charge in [0.25, 0.3) is 0 Å². The van der Waals surface area contributed by atoms with Crippen molar-refractivity contribution in [3.05, 3.63) is 53.9 Å². The van der Waals surface area contributed by atoms with Gasteiger partial charge in [-0.3, -0.25) is 0 Å². The molecular weight excluding hydrogens is 248 g/mol. The van der Waals surface area contributed by atoms with Gasteiger partial charge in [-0.05, 0) is 31.5 Å². The first kappa shape index (κ1) is 14.7. The molecule has 0 bridgehead atoms. The molecule has 108 valence electrons. The molecule has 0 amide bonds. The van der Waals surface area contributed by atoms with Crippen LogP contribution in [-0.2, 0) is 13.1 Å². The Morgan fingerprint density at radius 2 is 2.00 bits per heavy atom. The van der Waals surface area contributed by atoms with Crippen molar-refractivity contribution in [2.75, 3.05) is 7.11 Å². The van der Waals surface area contributed by atoms with E-state index < -0.39 is 0 Å². The SMILES string of the molecule is CCCn1cccc1CNC(C)c1ccccc1OC. The maximum absolute atomic E-state index is 5.42. The maximum atomic E-state index is 5.42. The molecule has 0 aliphatic heterocycles. The van der Waals surface area contributed by atoms with Crippen molar-refractivity contribution in [3.8, 4) is 5.75 Å². The van der Waals surface area contributed by atoms with E-state index in [1.54, 1.807) is 7.11 Å². The molecule has 3 heteroatoms. The van der Waals surface area contributed by atoms with Gasteiger partial charge in [-0.2, -0.15) is 0 Å². The quantitative estimate of drug-likeness (QED) is 0.830. The van der Waals surface area contributed by atoms with E-state index in [9.17, 15) is 0 Å². The summed E-state index contributed by atoms with van der Waals surface area (Å²) in [6, 6.07) is 12.7. The number of para-hydroxylation sites is 1. The molecule has 1 N–H and O–H groups in total. The largest absolute Gasteiger partial charge is 0.496 e. The highest BCUT2D eigenvalue weighted by Gasteiger charge is 2.10. The van der Waals surface area contributed by atoms with Gasteiger partial charge >= 0.3 is 0 Å². The van der Waals surface area contributed by atoms with Crippen molar-refractivity contribution >= 4 is 0 Å². The predicted molar refractivity (Wildman–Crippen MR) is 83.0 cm³/mol. The predicted octanol–water partition coefficient (Wildman–Crippen LogP) is 3.76. The lowest BCUT2D eigenvalue weighted by atomic mass is 10.1. The lowest BCUT2D eigenvalue weighted by molar-refractivity contribution is 0.401. The van der Waals surface area contributed by atoms with Crippen LogP contribution in [0.5, 0.6) is 5.75 Å². The van der Waals surface area contributed by atoms with Crippen molar-refractivity contribution in [1.29, 1.82) is 0 Å². The Bertz CT molecular complexity index is 533. The van der Waals surface area contributed by atoms with Crippen LogP contribution in [-0.4, -0.2) is 11.7 Å². The summed E-state index contributed by atoms with van der Waals surface area (Å²) in [6.45, 7) is 6.32. The van der Waals surface area contributed by atoms with E-state index in [-0.39, 0.29) is 6.04 Å². The van der Waals surface area contributed by atoms with Crippen LogP contribution in [0.4, 0.5) is 0 Å². The third-order valence-electron chi connectivity index (χ3n) is 3.58. The van der Waals surface area contributed by atoms with Crippen LogP contribution in [0.2, 0.25) is 0 Å². The highest BCUT2D eigenvalue weighted by molar-refractivity contribution is 5.35. The van der Waals surface area contributed by atoms with Crippen LogP contribution < -0.4 is 10.1 Å². The van der Waals surface area contributed by atoms with Crippen LogP contribution in [0.15, 0.2) is 42.6 Å². The molecule has 1 unspecified atom stereocenters. The second-order valence-corrected chi connectivity index (χ2v) is 5.04. The number of nitrogens with one attached hydrogen (secondary N) is 1. The lowest BCUT2D eigenvalue weighted by Crippen LogP contribution is -2.20. The third kappa shape index (κ3) is 3.42. The molecule has 1 aromatic carbocycles. The molecule has 0 saturated heterocycles. The molecule has 0 aliphatic carbocycles. The van der Waals surface area contributed by atoms with Crippen LogP contribution in [0.3, 0.4) is 0 Å². The highest BCUT2D eigenvalue weighted by atomic mass is 16.5. The van der Waals surface area contributed by atoms with Gasteiger partial charge in [0, 0.05) is 36.6 Å². The van der Waals surface area contributed by atoms with Crippen molar-refractivity contribution in [1.82, 2.24) is 9.88 Å². The number of ether oxygens (including phenoxy) is 1. The van der Waals surface area contributed by atoms with E-state index in [1.807, 2.05) is 12.1 Å². The van der Waals surface area contributed by atoms with E-state index in [1.165, 1.54) is 11.3 Å². The number of aryl methyl sites for hydroxylation is 1. The average molecular weight is 272 g/mol. The summed E-state index contributed by atoms with van der Waals surface area (Å²) in [6.07, 6.45) is 3.30. The molecule has 0 radical (unpaired) electrons. The number of hydrogen-bond acceptors (Lipinski definition) is 2. The fourth-order valence-corrected chi connectivity index (χ4v) is 2.46. The van der Waals surface area contributed by atoms with E-state index in [2.05, 4.69) is 54.2 Å². The summed E-state index contributed by atoms with van der Waals surface area (Å²) in [5.74, 6) is 0.941. The van der Waals surface area contributed by atoms with E-state index in [0.29, 0.717) is 0 Å². The fourth-order valence-electron chi connectivity index (χ4n) is 2.46. The normalized spacial score (nSPS) is 12.3. The molecule has 2 aromatic rings. The number of methoxy groups -OCH3 is 1. The first-order valence-electron chi connectivity index (χ1n) is 7.26. The van der Waals surface area contributed by atoms with Gasteiger partial charge in [-0.1, -0.05) is 25.1 Å². The summed E-state index contributed by atoms with van der Waals surface area (Å²) in [4.78, 5) is 0. The van der Waals surface area contributed by atoms with Gasteiger partial charge in [0.1, 0.15) is 5.75 Å². The fraction of sp³-hybridized carbons (Fsp3) is 0.412. The van der Waals surface area contributed by atoms with E-state index >= 15 is 0 Å². The first-order valence-corrected chi connectivity index (χ1v) is 7.26. The Kier molecular flexibility index (Phi) is 5.24. The second kappa shape index (κ2) is 7.15. The summed E-state index contributed by atoms with van der Waals surface area (Å²) in [5, 5.41) is 3.57. The van der Waals surface area contributed by atoms with Crippen molar-refractivity contribution in [3.63, 3.8) is 0 Å². The topological polar surface area (TPSA) is 26.2 Å². The molecule has 2 rings (SSSR count). The zero-order chi connectivity index (χ0) is 14.4. The molecule has 0 aliphatic rings. The molecule has 1 heterocycles. The Morgan fingerprint density at radius 3 is 2.75 bits per heavy atom. The van der Waals surface area contributed by atoms with Crippen molar-refractivity contribution in [2.45, 2.75) is 39.4 Å². The van der Waals surface area contributed by atoms with E-state index in [4.69, 9.17) is 4.74 Å². The minimum atomic E-state index is 0.260. The Balaban J connectivity index is 2.01. The Labute approximate surface area is 121 Å². The number of benzene rings is 1. The molecule has 0 spiro atoms. The second-order valence-electron chi connectivity index (χ2n) is 5.04. The first-order chi connectivity index (χ1) is 9.76. The summed E-state index contributed by atoms with van der Waals surface area (Å²) in [7, 11) is 1.72. The van der Waals surface area contributed by atoms with E-state index in [0.717, 1.165) is 25.3 Å². The maximum Gasteiger partial charge on any atom is 0.123 e. The molecule has 0 fully saturated rings. The van der Waals surface area contributed by atoms with Crippen molar-refractivity contribution in [2.24, 2.45) is 0 Å². The molecule has 1 aromatic heterocycles. The van der Waals surface area contributed by atoms with Gasteiger partial charge in [0.2, 0.25) is 0 Å². The zero-order valence-corrected chi connectivity index (χ0v) is 12.6. The number of aromatic nitrogens is 1. The summed E-state index contributed by atoms with van der Waals surface area (Å²) < 4.78 is 7.73. The van der Waals surface area contributed by atoms with Crippen LogP contribution >= 0.6 is 0 Å². The molecule has 20 heavy (non-hydrogen) atoms. The summed E-state index contributed by atoms with van der Waals surface area (Å²) in [5.41, 5.74) is 2.53. The van der Waals surface area contributed by atoms with Crippen LogP contribution in [0.1, 0.15) is 37.6 Å². The van der Waals surface area contributed by atoms with Crippen molar-refractivity contribution < 1.29 is 4.74 Å². The zero-order valence-electron chi connectivity index (χ0n) is 12.6. The summed E-state index contributed by atoms with van der Waals surface area (Å²) >= 11 is 0. The Morgan fingerprint density at radius 1 is 1.20 bits per heavy atom. The minimum Gasteiger partial charge on any atom is -0.496 e. The van der Waals surface area contributed by atoms with Gasteiger partial charge in [-0.25, -0.2) is 0 Å². The third-order valence-corrected chi connectivity index (χ3v) is 3.58. The average Bonchev–Trinajstić information content (AvgIpc) is 2.92. The molecule has 0 saturated carbocycles. The van der Waals surface area contributed by atoms with Gasteiger partial charge in [-0.15, -0.1) is 0 Å². The van der Waals surface area contributed by atoms with Gasteiger partial charge < -0.3 is 14.6 Å².